The van der Waals surface area contributed by atoms with Crippen LogP contribution in [0.25, 0.3) is 11.1 Å². The minimum Gasteiger partial charge on any atom is -0.466 e. The molecule has 2 aromatic carbocycles. The van der Waals surface area contributed by atoms with Crippen LogP contribution in [0.4, 0.5) is 11.7 Å². The van der Waals surface area contributed by atoms with Crippen LogP contribution in [0, 0.1) is 0 Å². The van der Waals surface area contributed by atoms with E-state index in [1.165, 1.54) is 0 Å². The first-order valence-corrected chi connectivity index (χ1v) is 10.4. The minimum absolute atomic E-state index is 0.0402. The summed E-state index contributed by atoms with van der Waals surface area (Å²) < 4.78 is 10.7. The number of esters is 1. The molecule has 8 nitrogen and oxygen atoms in total. The summed E-state index contributed by atoms with van der Waals surface area (Å²) in [5.41, 5.74) is 4.22. The quantitative estimate of drug-likeness (QED) is 0.530. The fourth-order valence-electron chi connectivity index (χ4n) is 3.62. The first kappa shape index (κ1) is 20.7. The number of benzene rings is 2. The lowest BCUT2D eigenvalue weighted by molar-refractivity contribution is -0.143. The number of oxazole rings is 1. The van der Waals surface area contributed by atoms with Crippen LogP contribution in [0.5, 0.6) is 0 Å². The van der Waals surface area contributed by atoms with E-state index in [0.717, 1.165) is 22.4 Å². The molecule has 31 heavy (non-hydrogen) atoms. The van der Waals surface area contributed by atoms with Gasteiger partial charge in [0.25, 0.3) is 11.9 Å². The van der Waals surface area contributed by atoms with Gasteiger partial charge in [-0.3, -0.25) is 9.59 Å². The van der Waals surface area contributed by atoms with Crippen molar-refractivity contribution in [3.63, 3.8) is 0 Å². The Morgan fingerprint density at radius 2 is 2.13 bits per heavy atom. The SMILES string of the molecule is CCOC(=O)CCN1Cc2cc(NCCN(C)c3nc4ccccc4o3)ccc2C1=O. The van der Waals surface area contributed by atoms with Crippen molar-refractivity contribution in [2.45, 2.75) is 19.9 Å². The van der Waals surface area contributed by atoms with E-state index in [9.17, 15) is 9.59 Å². The monoisotopic (exact) mass is 422 g/mol. The van der Waals surface area contributed by atoms with Crippen molar-refractivity contribution < 1.29 is 18.7 Å². The lowest BCUT2D eigenvalue weighted by Gasteiger charge is -2.15. The highest BCUT2D eigenvalue weighted by molar-refractivity contribution is 5.99. The van der Waals surface area contributed by atoms with Crippen LogP contribution in [0.1, 0.15) is 29.3 Å². The largest absolute Gasteiger partial charge is 0.466 e. The van der Waals surface area contributed by atoms with Gasteiger partial charge in [0, 0.05) is 44.5 Å². The Kier molecular flexibility index (Phi) is 6.06. The molecule has 0 spiro atoms. The summed E-state index contributed by atoms with van der Waals surface area (Å²) in [5, 5.41) is 3.39. The number of nitrogens with one attached hydrogen (secondary N) is 1. The maximum absolute atomic E-state index is 12.5. The second-order valence-corrected chi connectivity index (χ2v) is 7.47. The smallest absolute Gasteiger partial charge is 0.307 e. The fraction of sp³-hybridized carbons (Fsp3) is 0.348. The summed E-state index contributed by atoms with van der Waals surface area (Å²) in [5.74, 6) is -0.321. The molecule has 162 valence electrons. The van der Waals surface area contributed by atoms with Gasteiger partial charge in [0.15, 0.2) is 5.58 Å². The van der Waals surface area contributed by atoms with Gasteiger partial charge in [0.2, 0.25) is 0 Å². The summed E-state index contributed by atoms with van der Waals surface area (Å²) >= 11 is 0. The van der Waals surface area contributed by atoms with E-state index in [1.807, 2.05) is 54.4 Å². The Bertz CT molecular complexity index is 1060. The van der Waals surface area contributed by atoms with Crippen molar-refractivity contribution in [2.24, 2.45) is 0 Å². The number of aromatic nitrogens is 1. The number of ether oxygens (including phenoxy) is 1. The standard InChI is InChI=1S/C23H26N4O4/c1-3-30-21(28)10-12-27-15-16-14-17(8-9-18(16)22(27)29)24-11-13-26(2)23-25-19-6-4-5-7-20(19)31-23/h4-9,14,24H,3,10-13,15H2,1-2H3. The average Bonchev–Trinajstić information content (AvgIpc) is 3.33. The van der Waals surface area contributed by atoms with Crippen molar-refractivity contribution >= 4 is 34.7 Å². The third-order valence-electron chi connectivity index (χ3n) is 5.26. The first-order chi connectivity index (χ1) is 15.0. The van der Waals surface area contributed by atoms with Gasteiger partial charge >= 0.3 is 5.97 Å². The van der Waals surface area contributed by atoms with E-state index in [0.29, 0.717) is 44.4 Å². The number of para-hydroxylation sites is 2. The van der Waals surface area contributed by atoms with E-state index in [2.05, 4.69) is 10.3 Å². The number of nitrogens with zero attached hydrogens (tertiary/aromatic N) is 3. The Balaban J connectivity index is 1.30. The van der Waals surface area contributed by atoms with Gasteiger partial charge in [-0.2, -0.15) is 4.98 Å². The highest BCUT2D eigenvalue weighted by Gasteiger charge is 2.27. The molecule has 2 heterocycles. The van der Waals surface area contributed by atoms with Crippen molar-refractivity contribution in [2.75, 3.05) is 43.5 Å². The van der Waals surface area contributed by atoms with Gasteiger partial charge < -0.3 is 24.3 Å². The number of carbonyl (C=O) groups excluding carboxylic acids is 2. The molecule has 0 radical (unpaired) electrons. The summed E-state index contributed by atoms with van der Waals surface area (Å²) in [6, 6.07) is 14.0. The number of hydrogen-bond acceptors (Lipinski definition) is 7. The molecule has 0 unspecified atom stereocenters. The molecule has 0 aliphatic carbocycles. The topological polar surface area (TPSA) is 87.9 Å². The zero-order valence-electron chi connectivity index (χ0n) is 17.8. The molecule has 0 atom stereocenters. The molecule has 3 aromatic rings. The summed E-state index contributed by atoms with van der Waals surface area (Å²) in [7, 11) is 1.94. The van der Waals surface area contributed by atoms with Gasteiger partial charge in [-0.05, 0) is 42.8 Å². The normalized spacial score (nSPS) is 12.8. The van der Waals surface area contributed by atoms with E-state index in [1.54, 1.807) is 11.8 Å². The highest BCUT2D eigenvalue weighted by atomic mass is 16.5. The first-order valence-electron chi connectivity index (χ1n) is 10.4. The van der Waals surface area contributed by atoms with Gasteiger partial charge in [-0.25, -0.2) is 0 Å². The molecule has 1 aromatic heterocycles. The predicted octanol–water partition coefficient (Wildman–Crippen LogP) is 3.29. The van der Waals surface area contributed by atoms with Crippen LogP contribution in [0.2, 0.25) is 0 Å². The summed E-state index contributed by atoms with van der Waals surface area (Å²) in [4.78, 5) is 32.3. The molecular formula is C23H26N4O4. The number of rotatable bonds is 9. The molecule has 0 saturated carbocycles. The van der Waals surface area contributed by atoms with E-state index < -0.39 is 0 Å². The maximum atomic E-state index is 12.5. The zero-order valence-corrected chi connectivity index (χ0v) is 17.8. The van der Waals surface area contributed by atoms with Gasteiger partial charge in [-0.15, -0.1) is 0 Å². The zero-order chi connectivity index (χ0) is 21.8. The maximum Gasteiger partial charge on any atom is 0.307 e. The molecule has 1 N–H and O–H groups in total. The molecule has 1 aliphatic heterocycles. The number of anilines is 2. The van der Waals surface area contributed by atoms with Crippen LogP contribution >= 0.6 is 0 Å². The lowest BCUT2D eigenvalue weighted by atomic mass is 10.1. The molecule has 8 heteroatoms. The number of fused-ring (bicyclic) bond motifs is 2. The Morgan fingerprint density at radius 3 is 2.94 bits per heavy atom. The third kappa shape index (κ3) is 4.63. The number of hydrogen-bond donors (Lipinski definition) is 1. The highest BCUT2D eigenvalue weighted by Crippen LogP contribution is 2.26. The molecule has 0 fully saturated rings. The lowest BCUT2D eigenvalue weighted by Crippen LogP contribution is -2.27. The average molecular weight is 422 g/mol. The molecule has 4 rings (SSSR count). The number of likely N-dealkylation sites (N-methyl/N-ethyl adjacent to an activating group) is 1. The Hall–Kier alpha value is -3.55. The van der Waals surface area contributed by atoms with Gasteiger partial charge in [0.1, 0.15) is 5.52 Å². The molecule has 1 aliphatic rings. The van der Waals surface area contributed by atoms with Gasteiger partial charge in [0.05, 0.1) is 13.0 Å². The van der Waals surface area contributed by atoms with Crippen molar-refractivity contribution in [1.29, 1.82) is 0 Å². The third-order valence-corrected chi connectivity index (χ3v) is 5.26. The molecule has 0 saturated heterocycles. The molecule has 0 bridgehead atoms. The second kappa shape index (κ2) is 9.07. The molecule has 1 amide bonds. The van der Waals surface area contributed by atoms with E-state index >= 15 is 0 Å². The van der Waals surface area contributed by atoms with Crippen LogP contribution in [-0.2, 0) is 16.1 Å². The fourth-order valence-corrected chi connectivity index (χ4v) is 3.62. The Morgan fingerprint density at radius 1 is 1.29 bits per heavy atom. The van der Waals surface area contributed by atoms with Crippen LogP contribution in [-0.4, -0.2) is 55.0 Å². The predicted molar refractivity (Wildman–Crippen MR) is 118 cm³/mol. The van der Waals surface area contributed by atoms with Crippen molar-refractivity contribution in [1.82, 2.24) is 9.88 Å². The van der Waals surface area contributed by atoms with Crippen LogP contribution < -0.4 is 10.2 Å². The van der Waals surface area contributed by atoms with Crippen molar-refractivity contribution in [3.05, 3.63) is 53.6 Å². The van der Waals surface area contributed by atoms with Crippen molar-refractivity contribution in [3.8, 4) is 0 Å². The number of amides is 1. The van der Waals surface area contributed by atoms with Crippen LogP contribution in [0.3, 0.4) is 0 Å². The Labute approximate surface area is 180 Å². The summed E-state index contributed by atoms with van der Waals surface area (Å²) in [6.45, 7) is 4.39. The van der Waals surface area contributed by atoms with E-state index in [-0.39, 0.29) is 18.3 Å². The second-order valence-electron chi connectivity index (χ2n) is 7.47. The molecular weight excluding hydrogens is 396 g/mol. The van der Waals surface area contributed by atoms with E-state index in [4.69, 9.17) is 9.15 Å². The number of carbonyl (C=O) groups is 2. The van der Waals surface area contributed by atoms with Gasteiger partial charge in [-0.1, -0.05) is 12.1 Å². The summed E-state index contributed by atoms with van der Waals surface area (Å²) in [6.07, 6.45) is 0.209. The van der Waals surface area contributed by atoms with Crippen LogP contribution in [0.15, 0.2) is 46.9 Å². The minimum atomic E-state index is -0.281.